The molecule has 1 aromatic heterocycles. The molecular weight excluding hydrogens is 200 g/mol. The van der Waals surface area contributed by atoms with Gasteiger partial charge in [-0.15, -0.1) is 0 Å². The third kappa shape index (κ3) is 3.05. The first-order valence-electron chi connectivity index (χ1n) is 5.55. The van der Waals surface area contributed by atoms with E-state index in [0.717, 1.165) is 11.1 Å². The van der Waals surface area contributed by atoms with Gasteiger partial charge in [0, 0.05) is 18.0 Å². The highest BCUT2D eigenvalue weighted by Crippen LogP contribution is 2.21. The number of pyridine rings is 1. The molecule has 0 spiro atoms. The van der Waals surface area contributed by atoms with Gasteiger partial charge < -0.3 is 5.73 Å². The van der Waals surface area contributed by atoms with Gasteiger partial charge in [-0.25, -0.2) is 4.98 Å². The normalized spacial score (nSPS) is 11.5. The summed E-state index contributed by atoms with van der Waals surface area (Å²) in [5, 5.41) is 0. The first-order chi connectivity index (χ1) is 7.32. The third-order valence-electron chi connectivity index (χ3n) is 2.76. The summed E-state index contributed by atoms with van der Waals surface area (Å²) in [5.41, 5.74) is 7.63. The lowest BCUT2D eigenvalue weighted by atomic mass is 9.87. The lowest BCUT2D eigenvalue weighted by Gasteiger charge is -2.17. The second-order valence-electron chi connectivity index (χ2n) is 5.16. The SMILES string of the molecule is Cc1ccnc(N)c1CCC(=O)C(C)(C)C. The summed E-state index contributed by atoms with van der Waals surface area (Å²) < 4.78 is 0. The van der Waals surface area contributed by atoms with Gasteiger partial charge in [-0.2, -0.15) is 0 Å². The van der Waals surface area contributed by atoms with Crippen molar-refractivity contribution in [1.29, 1.82) is 0 Å². The number of rotatable bonds is 3. The number of Topliss-reactive ketones (excluding diaryl/α,β-unsaturated/α-hetero) is 1. The van der Waals surface area contributed by atoms with E-state index >= 15 is 0 Å². The molecule has 3 nitrogen and oxygen atoms in total. The summed E-state index contributed by atoms with van der Waals surface area (Å²) in [7, 11) is 0. The Kier molecular flexibility index (Phi) is 3.68. The second-order valence-corrected chi connectivity index (χ2v) is 5.16. The van der Waals surface area contributed by atoms with E-state index in [1.54, 1.807) is 6.20 Å². The van der Waals surface area contributed by atoms with Gasteiger partial charge in [0.25, 0.3) is 0 Å². The molecule has 1 heterocycles. The minimum Gasteiger partial charge on any atom is -0.383 e. The maximum atomic E-state index is 11.8. The number of carbonyl (C=O) groups is 1. The lowest BCUT2D eigenvalue weighted by molar-refractivity contribution is -0.126. The Morgan fingerprint density at radius 3 is 2.56 bits per heavy atom. The van der Waals surface area contributed by atoms with Crippen molar-refractivity contribution in [3.8, 4) is 0 Å². The predicted molar refractivity (Wildman–Crippen MR) is 66.2 cm³/mol. The molecule has 0 saturated carbocycles. The number of aromatic nitrogens is 1. The highest BCUT2D eigenvalue weighted by molar-refractivity contribution is 5.83. The fourth-order valence-corrected chi connectivity index (χ4v) is 1.55. The first-order valence-corrected chi connectivity index (χ1v) is 5.55. The molecule has 0 atom stereocenters. The van der Waals surface area contributed by atoms with Crippen LogP contribution in [0.25, 0.3) is 0 Å². The number of ketones is 1. The molecule has 1 rings (SSSR count). The molecular formula is C13H20N2O. The highest BCUT2D eigenvalue weighted by atomic mass is 16.1. The number of hydrogen-bond acceptors (Lipinski definition) is 3. The third-order valence-corrected chi connectivity index (χ3v) is 2.76. The van der Waals surface area contributed by atoms with E-state index in [9.17, 15) is 4.79 Å². The molecule has 0 fully saturated rings. The Morgan fingerprint density at radius 2 is 2.06 bits per heavy atom. The molecule has 0 aliphatic carbocycles. The minimum atomic E-state index is -0.273. The van der Waals surface area contributed by atoms with Crippen LogP contribution >= 0.6 is 0 Å². The van der Waals surface area contributed by atoms with Crippen molar-refractivity contribution in [2.24, 2.45) is 5.41 Å². The number of hydrogen-bond donors (Lipinski definition) is 1. The quantitative estimate of drug-likeness (QED) is 0.851. The van der Waals surface area contributed by atoms with E-state index in [2.05, 4.69) is 4.98 Å². The van der Waals surface area contributed by atoms with Gasteiger partial charge >= 0.3 is 0 Å². The van der Waals surface area contributed by atoms with Gasteiger partial charge in [-0.05, 0) is 30.5 Å². The molecule has 16 heavy (non-hydrogen) atoms. The van der Waals surface area contributed by atoms with Gasteiger partial charge in [-0.1, -0.05) is 20.8 Å². The number of nitrogen functional groups attached to an aromatic ring is 1. The Morgan fingerprint density at radius 1 is 1.44 bits per heavy atom. The average Bonchev–Trinajstić information content (AvgIpc) is 2.15. The molecule has 0 saturated heterocycles. The molecule has 1 aromatic rings. The fraction of sp³-hybridized carbons (Fsp3) is 0.538. The molecule has 3 heteroatoms. The summed E-state index contributed by atoms with van der Waals surface area (Å²) in [4.78, 5) is 15.8. The predicted octanol–water partition coefficient (Wildman–Crippen LogP) is 2.52. The highest BCUT2D eigenvalue weighted by Gasteiger charge is 2.21. The van der Waals surface area contributed by atoms with Crippen LogP contribution in [0.2, 0.25) is 0 Å². The molecule has 0 radical (unpaired) electrons. The first kappa shape index (κ1) is 12.7. The topological polar surface area (TPSA) is 56.0 Å². The van der Waals surface area contributed by atoms with Crippen LogP contribution < -0.4 is 5.73 Å². The van der Waals surface area contributed by atoms with Crippen molar-refractivity contribution >= 4 is 11.6 Å². The summed E-state index contributed by atoms with van der Waals surface area (Å²) in [6.07, 6.45) is 2.90. The Balaban J connectivity index is 2.73. The van der Waals surface area contributed by atoms with Crippen LogP contribution in [0.15, 0.2) is 12.3 Å². The molecule has 0 aliphatic rings. The maximum absolute atomic E-state index is 11.8. The van der Waals surface area contributed by atoms with Gasteiger partial charge in [0.05, 0.1) is 0 Å². The van der Waals surface area contributed by atoms with Gasteiger partial charge in [0.1, 0.15) is 11.6 Å². The summed E-state index contributed by atoms with van der Waals surface area (Å²) in [5.74, 6) is 0.803. The van der Waals surface area contributed by atoms with Crippen LogP contribution in [0.4, 0.5) is 5.82 Å². The second kappa shape index (κ2) is 4.64. The molecule has 0 aromatic carbocycles. The zero-order chi connectivity index (χ0) is 12.3. The van der Waals surface area contributed by atoms with E-state index in [4.69, 9.17) is 5.73 Å². The molecule has 2 N–H and O–H groups in total. The molecule has 88 valence electrons. The van der Waals surface area contributed by atoms with E-state index in [1.807, 2.05) is 33.8 Å². The summed E-state index contributed by atoms with van der Waals surface area (Å²) in [6.45, 7) is 7.81. The van der Waals surface area contributed by atoms with E-state index in [-0.39, 0.29) is 11.2 Å². The van der Waals surface area contributed by atoms with Crippen LogP contribution in [0.5, 0.6) is 0 Å². The maximum Gasteiger partial charge on any atom is 0.138 e. The van der Waals surface area contributed by atoms with E-state index in [1.165, 1.54) is 0 Å². The number of anilines is 1. The Bertz CT molecular complexity index is 371. The average molecular weight is 220 g/mol. The number of carbonyl (C=O) groups excluding carboxylic acids is 1. The van der Waals surface area contributed by atoms with Crippen molar-refractivity contribution in [2.45, 2.75) is 40.5 Å². The monoisotopic (exact) mass is 220 g/mol. The molecule has 0 unspecified atom stereocenters. The van der Waals surface area contributed by atoms with Crippen LogP contribution in [-0.2, 0) is 11.2 Å². The van der Waals surface area contributed by atoms with Gasteiger partial charge in [0.2, 0.25) is 0 Å². The van der Waals surface area contributed by atoms with E-state index in [0.29, 0.717) is 18.7 Å². The summed E-state index contributed by atoms with van der Waals surface area (Å²) in [6, 6.07) is 1.92. The van der Waals surface area contributed by atoms with Gasteiger partial charge in [0.15, 0.2) is 0 Å². The lowest BCUT2D eigenvalue weighted by Crippen LogP contribution is -2.20. The molecule has 0 amide bonds. The van der Waals surface area contributed by atoms with Gasteiger partial charge in [-0.3, -0.25) is 4.79 Å². The minimum absolute atomic E-state index is 0.259. The molecule has 0 aliphatic heterocycles. The Hall–Kier alpha value is -1.38. The standard InChI is InChI=1S/C13H20N2O/c1-9-7-8-15-12(14)10(9)5-6-11(16)13(2,3)4/h7-8H,5-6H2,1-4H3,(H2,14,15). The molecule has 0 bridgehead atoms. The van der Waals surface area contributed by atoms with Crippen LogP contribution in [0.1, 0.15) is 38.3 Å². The van der Waals surface area contributed by atoms with Crippen molar-refractivity contribution in [1.82, 2.24) is 4.98 Å². The van der Waals surface area contributed by atoms with Crippen LogP contribution in [0, 0.1) is 12.3 Å². The smallest absolute Gasteiger partial charge is 0.138 e. The van der Waals surface area contributed by atoms with Crippen molar-refractivity contribution in [2.75, 3.05) is 5.73 Å². The van der Waals surface area contributed by atoms with Crippen molar-refractivity contribution in [3.05, 3.63) is 23.4 Å². The van der Waals surface area contributed by atoms with Crippen molar-refractivity contribution < 1.29 is 4.79 Å². The summed E-state index contributed by atoms with van der Waals surface area (Å²) >= 11 is 0. The number of aryl methyl sites for hydroxylation is 1. The zero-order valence-corrected chi connectivity index (χ0v) is 10.5. The van der Waals surface area contributed by atoms with Crippen molar-refractivity contribution in [3.63, 3.8) is 0 Å². The Labute approximate surface area is 97.1 Å². The largest absolute Gasteiger partial charge is 0.383 e. The number of nitrogens with zero attached hydrogens (tertiary/aromatic N) is 1. The van der Waals surface area contributed by atoms with E-state index < -0.39 is 0 Å². The van der Waals surface area contributed by atoms with Crippen LogP contribution in [0.3, 0.4) is 0 Å². The zero-order valence-electron chi connectivity index (χ0n) is 10.5. The fourth-order valence-electron chi connectivity index (χ4n) is 1.55. The van der Waals surface area contributed by atoms with Crippen LogP contribution in [-0.4, -0.2) is 10.8 Å². The number of nitrogens with two attached hydrogens (primary N) is 1.